The monoisotopic (exact) mass is 362 g/mol. The van der Waals surface area contributed by atoms with E-state index in [1.807, 2.05) is 25.1 Å². The van der Waals surface area contributed by atoms with E-state index in [0.717, 1.165) is 15.7 Å². The number of carbonyl (C=O) groups is 2. The highest BCUT2D eigenvalue weighted by Crippen LogP contribution is 2.20. The number of hydrogen-bond donors (Lipinski definition) is 2. The Morgan fingerprint density at radius 2 is 2.09 bits per heavy atom. The van der Waals surface area contributed by atoms with Gasteiger partial charge >= 0.3 is 0 Å². The van der Waals surface area contributed by atoms with Gasteiger partial charge in [-0.15, -0.1) is 0 Å². The van der Waals surface area contributed by atoms with Crippen LogP contribution < -0.4 is 10.6 Å². The molecule has 0 saturated heterocycles. The lowest BCUT2D eigenvalue weighted by Gasteiger charge is -2.09. The summed E-state index contributed by atoms with van der Waals surface area (Å²) in [6.45, 7) is 2.15. The van der Waals surface area contributed by atoms with Crippen LogP contribution in [-0.2, 0) is 4.79 Å². The van der Waals surface area contributed by atoms with Crippen molar-refractivity contribution in [3.63, 3.8) is 0 Å². The second-order valence-electron chi connectivity index (χ2n) is 4.60. The first kappa shape index (κ1) is 16.1. The van der Waals surface area contributed by atoms with Crippen molar-refractivity contribution >= 4 is 33.4 Å². The Labute approximate surface area is 136 Å². The zero-order valence-corrected chi connectivity index (χ0v) is 13.6. The first-order valence-corrected chi connectivity index (χ1v) is 7.46. The lowest BCUT2D eigenvalue weighted by Crippen LogP contribution is -2.28. The quantitative estimate of drug-likeness (QED) is 0.854. The van der Waals surface area contributed by atoms with Gasteiger partial charge in [0.25, 0.3) is 5.91 Å². The minimum Gasteiger partial charge on any atom is -0.350 e. The normalized spacial score (nSPS) is 10.1. The molecule has 114 valence electrons. The van der Waals surface area contributed by atoms with E-state index in [-0.39, 0.29) is 30.5 Å². The van der Waals surface area contributed by atoms with Crippen molar-refractivity contribution in [2.45, 2.75) is 13.3 Å². The summed E-state index contributed by atoms with van der Waals surface area (Å²) in [5, 5.41) is 5.45. The predicted octanol–water partition coefficient (Wildman–Crippen LogP) is 2.31. The van der Waals surface area contributed by atoms with Gasteiger partial charge < -0.3 is 10.6 Å². The van der Waals surface area contributed by atoms with Crippen LogP contribution in [0.25, 0.3) is 0 Å². The standard InChI is InChI=1S/C15H15BrN4O2/c1-10-2-3-11(16)8-12(10)20-14(21)4-5-19-15(22)13-9-17-6-7-18-13/h2-3,6-9H,4-5H2,1H3,(H,19,22)(H,20,21). The van der Waals surface area contributed by atoms with Crippen molar-refractivity contribution in [3.05, 3.63) is 52.5 Å². The average Bonchev–Trinajstić information content (AvgIpc) is 2.51. The molecule has 0 unspecified atom stereocenters. The van der Waals surface area contributed by atoms with Crippen LogP contribution >= 0.6 is 15.9 Å². The minimum absolute atomic E-state index is 0.166. The number of aryl methyl sites for hydroxylation is 1. The van der Waals surface area contributed by atoms with Crippen molar-refractivity contribution in [1.82, 2.24) is 15.3 Å². The third-order valence-corrected chi connectivity index (χ3v) is 3.40. The molecule has 2 rings (SSSR count). The van der Waals surface area contributed by atoms with Gasteiger partial charge in [-0.2, -0.15) is 0 Å². The van der Waals surface area contributed by atoms with Gasteiger partial charge in [0.05, 0.1) is 6.20 Å². The molecular weight excluding hydrogens is 348 g/mol. The third kappa shape index (κ3) is 4.63. The summed E-state index contributed by atoms with van der Waals surface area (Å²) in [6.07, 6.45) is 4.49. The molecule has 6 nitrogen and oxygen atoms in total. The Balaban J connectivity index is 1.81. The van der Waals surface area contributed by atoms with Gasteiger partial charge in [0.1, 0.15) is 5.69 Å². The van der Waals surface area contributed by atoms with E-state index in [4.69, 9.17) is 0 Å². The van der Waals surface area contributed by atoms with E-state index in [1.165, 1.54) is 18.6 Å². The number of rotatable bonds is 5. The lowest BCUT2D eigenvalue weighted by atomic mass is 10.2. The van der Waals surface area contributed by atoms with E-state index in [0.29, 0.717) is 0 Å². The maximum absolute atomic E-state index is 11.9. The van der Waals surface area contributed by atoms with Crippen LogP contribution in [0, 0.1) is 6.92 Å². The Bertz CT molecular complexity index is 676. The second-order valence-corrected chi connectivity index (χ2v) is 5.52. The van der Waals surface area contributed by atoms with Gasteiger partial charge in [-0.05, 0) is 24.6 Å². The van der Waals surface area contributed by atoms with Gasteiger partial charge in [-0.25, -0.2) is 4.98 Å². The zero-order chi connectivity index (χ0) is 15.9. The average molecular weight is 363 g/mol. The molecule has 0 saturated carbocycles. The zero-order valence-electron chi connectivity index (χ0n) is 12.0. The van der Waals surface area contributed by atoms with Gasteiger partial charge in [0.15, 0.2) is 0 Å². The number of nitrogens with one attached hydrogen (secondary N) is 2. The van der Waals surface area contributed by atoms with E-state index in [9.17, 15) is 9.59 Å². The van der Waals surface area contributed by atoms with E-state index < -0.39 is 0 Å². The highest BCUT2D eigenvalue weighted by Gasteiger charge is 2.09. The molecule has 7 heteroatoms. The number of aromatic nitrogens is 2. The number of nitrogens with zero attached hydrogens (tertiary/aromatic N) is 2. The fourth-order valence-corrected chi connectivity index (χ4v) is 2.10. The topological polar surface area (TPSA) is 84.0 Å². The first-order chi connectivity index (χ1) is 10.6. The summed E-state index contributed by atoms with van der Waals surface area (Å²) in [4.78, 5) is 31.3. The largest absolute Gasteiger partial charge is 0.350 e. The van der Waals surface area contributed by atoms with Crippen molar-refractivity contribution < 1.29 is 9.59 Å². The number of halogens is 1. The smallest absolute Gasteiger partial charge is 0.271 e. The van der Waals surface area contributed by atoms with Gasteiger partial charge in [-0.3, -0.25) is 14.6 Å². The van der Waals surface area contributed by atoms with Crippen LogP contribution in [-0.4, -0.2) is 28.3 Å². The molecule has 0 atom stereocenters. The molecule has 22 heavy (non-hydrogen) atoms. The summed E-state index contributed by atoms with van der Waals surface area (Å²) < 4.78 is 0.893. The molecule has 1 aromatic heterocycles. The maximum atomic E-state index is 11.9. The minimum atomic E-state index is -0.348. The highest BCUT2D eigenvalue weighted by molar-refractivity contribution is 9.10. The number of anilines is 1. The molecule has 2 aromatic rings. The fourth-order valence-electron chi connectivity index (χ4n) is 1.74. The van der Waals surface area contributed by atoms with Crippen LogP contribution in [0.15, 0.2) is 41.3 Å². The van der Waals surface area contributed by atoms with E-state index in [2.05, 4.69) is 36.5 Å². The predicted molar refractivity (Wildman–Crippen MR) is 86.5 cm³/mol. The first-order valence-electron chi connectivity index (χ1n) is 6.66. The number of amides is 2. The molecule has 1 aromatic carbocycles. The van der Waals surface area contributed by atoms with Gasteiger partial charge in [0.2, 0.25) is 5.91 Å². The van der Waals surface area contributed by atoms with Crippen LogP contribution in [0.3, 0.4) is 0 Å². The van der Waals surface area contributed by atoms with Crippen molar-refractivity contribution in [3.8, 4) is 0 Å². The molecular formula is C15H15BrN4O2. The van der Waals surface area contributed by atoms with Crippen molar-refractivity contribution in [1.29, 1.82) is 0 Å². The molecule has 2 N–H and O–H groups in total. The van der Waals surface area contributed by atoms with Gasteiger partial charge in [-0.1, -0.05) is 22.0 Å². The van der Waals surface area contributed by atoms with Crippen molar-refractivity contribution in [2.75, 3.05) is 11.9 Å². The van der Waals surface area contributed by atoms with E-state index in [1.54, 1.807) is 0 Å². The molecule has 0 spiro atoms. The number of benzene rings is 1. The molecule has 0 aliphatic carbocycles. The summed E-state index contributed by atoms with van der Waals surface area (Å²) >= 11 is 3.36. The number of hydrogen-bond acceptors (Lipinski definition) is 4. The molecule has 0 bridgehead atoms. The van der Waals surface area contributed by atoms with Crippen LogP contribution in [0.4, 0.5) is 5.69 Å². The lowest BCUT2D eigenvalue weighted by molar-refractivity contribution is -0.116. The second kappa shape index (κ2) is 7.65. The summed E-state index contributed by atoms with van der Waals surface area (Å²) in [6, 6.07) is 5.66. The summed E-state index contributed by atoms with van der Waals surface area (Å²) in [7, 11) is 0. The highest BCUT2D eigenvalue weighted by atomic mass is 79.9. The van der Waals surface area contributed by atoms with Crippen molar-refractivity contribution in [2.24, 2.45) is 0 Å². The van der Waals surface area contributed by atoms with Crippen LogP contribution in [0.1, 0.15) is 22.5 Å². The molecule has 0 aliphatic heterocycles. The van der Waals surface area contributed by atoms with Gasteiger partial charge in [0, 0.05) is 35.5 Å². The maximum Gasteiger partial charge on any atom is 0.271 e. The Morgan fingerprint density at radius 3 is 2.82 bits per heavy atom. The molecule has 1 heterocycles. The summed E-state index contributed by atoms with van der Waals surface area (Å²) in [5.74, 6) is -0.514. The molecule has 2 amide bonds. The fraction of sp³-hybridized carbons (Fsp3) is 0.200. The van der Waals surface area contributed by atoms with Crippen LogP contribution in [0.2, 0.25) is 0 Å². The molecule has 0 radical (unpaired) electrons. The Hall–Kier alpha value is -2.28. The Morgan fingerprint density at radius 1 is 1.27 bits per heavy atom. The van der Waals surface area contributed by atoms with E-state index >= 15 is 0 Å². The molecule has 0 fully saturated rings. The SMILES string of the molecule is Cc1ccc(Br)cc1NC(=O)CCNC(=O)c1cnccn1. The Kier molecular flexibility index (Phi) is 5.60. The molecule has 0 aliphatic rings. The van der Waals surface area contributed by atoms with Crippen LogP contribution in [0.5, 0.6) is 0 Å². The summed E-state index contributed by atoms with van der Waals surface area (Å²) in [5.41, 5.74) is 1.95. The number of carbonyl (C=O) groups excluding carboxylic acids is 2. The third-order valence-electron chi connectivity index (χ3n) is 2.91.